The Labute approximate surface area is 129 Å². The standard InChI is InChI=1S/C13H13IN2O2S/c1-8-3-6-13(19-8)9(2)15-12-5-4-10(16(17)18)7-11(12)14/h3-7,9,15H,1-2H3. The molecule has 1 atom stereocenters. The summed E-state index contributed by atoms with van der Waals surface area (Å²) in [6, 6.07) is 9.26. The van der Waals surface area contributed by atoms with Gasteiger partial charge in [-0.2, -0.15) is 0 Å². The number of hydrogen-bond donors (Lipinski definition) is 1. The molecule has 1 unspecified atom stereocenters. The van der Waals surface area contributed by atoms with E-state index in [1.165, 1.54) is 15.8 Å². The van der Waals surface area contributed by atoms with Crippen LogP contribution in [0.15, 0.2) is 30.3 Å². The lowest BCUT2D eigenvalue weighted by molar-refractivity contribution is -0.384. The molecule has 1 heterocycles. The number of thiophene rings is 1. The molecule has 0 aliphatic heterocycles. The van der Waals surface area contributed by atoms with Crippen molar-refractivity contribution in [2.75, 3.05) is 5.32 Å². The lowest BCUT2D eigenvalue weighted by atomic mass is 10.2. The van der Waals surface area contributed by atoms with Gasteiger partial charge in [0.05, 0.1) is 11.0 Å². The second-order valence-electron chi connectivity index (χ2n) is 4.24. The fourth-order valence-corrected chi connectivity index (χ4v) is 3.26. The first kappa shape index (κ1) is 14.3. The third-order valence-electron chi connectivity index (χ3n) is 2.72. The van der Waals surface area contributed by atoms with Gasteiger partial charge in [-0.3, -0.25) is 10.1 Å². The molecule has 19 heavy (non-hydrogen) atoms. The highest BCUT2D eigenvalue weighted by atomic mass is 127. The van der Waals surface area contributed by atoms with E-state index in [-0.39, 0.29) is 16.7 Å². The molecule has 2 aromatic rings. The number of hydrogen-bond acceptors (Lipinski definition) is 4. The van der Waals surface area contributed by atoms with Crippen molar-refractivity contribution >= 4 is 45.3 Å². The van der Waals surface area contributed by atoms with E-state index in [1.807, 2.05) is 0 Å². The van der Waals surface area contributed by atoms with Crippen LogP contribution >= 0.6 is 33.9 Å². The summed E-state index contributed by atoms with van der Waals surface area (Å²) in [5.74, 6) is 0. The Kier molecular flexibility index (Phi) is 4.41. The highest BCUT2D eigenvalue weighted by Gasteiger charge is 2.12. The molecular formula is C13H13IN2O2S. The number of non-ortho nitro benzene ring substituents is 1. The largest absolute Gasteiger partial charge is 0.377 e. The highest BCUT2D eigenvalue weighted by Crippen LogP contribution is 2.29. The number of nitro benzene ring substituents is 1. The fraction of sp³-hybridized carbons (Fsp3) is 0.231. The van der Waals surface area contributed by atoms with Gasteiger partial charge in [-0.25, -0.2) is 0 Å². The van der Waals surface area contributed by atoms with E-state index in [1.54, 1.807) is 23.5 Å². The van der Waals surface area contributed by atoms with E-state index in [9.17, 15) is 10.1 Å². The summed E-state index contributed by atoms with van der Waals surface area (Å²) in [5.41, 5.74) is 1.04. The van der Waals surface area contributed by atoms with Crippen molar-refractivity contribution in [1.82, 2.24) is 0 Å². The van der Waals surface area contributed by atoms with Crippen molar-refractivity contribution < 1.29 is 4.92 Å². The number of nitro groups is 1. The van der Waals surface area contributed by atoms with Gasteiger partial charge in [-0.1, -0.05) is 0 Å². The first-order valence-electron chi connectivity index (χ1n) is 5.74. The van der Waals surface area contributed by atoms with E-state index in [4.69, 9.17) is 0 Å². The van der Waals surface area contributed by atoms with Crippen LogP contribution in [0.25, 0.3) is 0 Å². The number of rotatable bonds is 4. The molecule has 0 amide bonds. The summed E-state index contributed by atoms with van der Waals surface area (Å²) in [7, 11) is 0. The molecular weight excluding hydrogens is 375 g/mol. The van der Waals surface area contributed by atoms with Crippen molar-refractivity contribution in [1.29, 1.82) is 0 Å². The molecule has 0 aliphatic rings. The van der Waals surface area contributed by atoms with Crippen LogP contribution in [-0.4, -0.2) is 4.92 Å². The predicted molar refractivity (Wildman–Crippen MR) is 86.9 cm³/mol. The summed E-state index contributed by atoms with van der Waals surface area (Å²) in [6.07, 6.45) is 0. The second-order valence-corrected chi connectivity index (χ2v) is 6.72. The van der Waals surface area contributed by atoms with E-state index >= 15 is 0 Å². The maximum Gasteiger partial charge on any atom is 0.270 e. The van der Waals surface area contributed by atoms with Gasteiger partial charge in [0, 0.05) is 31.1 Å². The van der Waals surface area contributed by atoms with Crippen molar-refractivity contribution in [2.45, 2.75) is 19.9 Å². The highest BCUT2D eigenvalue weighted by molar-refractivity contribution is 14.1. The van der Waals surface area contributed by atoms with E-state index in [0.29, 0.717) is 0 Å². The lowest BCUT2D eigenvalue weighted by Gasteiger charge is -2.15. The van der Waals surface area contributed by atoms with Crippen molar-refractivity contribution in [3.63, 3.8) is 0 Å². The topological polar surface area (TPSA) is 55.2 Å². The van der Waals surface area contributed by atoms with Gasteiger partial charge in [-0.05, 0) is 54.6 Å². The van der Waals surface area contributed by atoms with Gasteiger partial charge < -0.3 is 5.32 Å². The van der Waals surface area contributed by atoms with E-state index < -0.39 is 0 Å². The van der Waals surface area contributed by atoms with Gasteiger partial charge in [0.1, 0.15) is 0 Å². The van der Waals surface area contributed by atoms with Crippen LogP contribution in [-0.2, 0) is 0 Å². The minimum absolute atomic E-state index is 0.120. The Balaban J connectivity index is 2.17. The summed E-state index contributed by atoms with van der Waals surface area (Å²) >= 11 is 3.87. The van der Waals surface area contributed by atoms with Gasteiger partial charge in [-0.15, -0.1) is 11.3 Å². The molecule has 0 aliphatic carbocycles. The van der Waals surface area contributed by atoms with Crippen LogP contribution in [0, 0.1) is 20.6 Å². The Morgan fingerprint density at radius 1 is 1.37 bits per heavy atom. The molecule has 1 N–H and O–H groups in total. The number of aryl methyl sites for hydroxylation is 1. The third kappa shape index (κ3) is 3.44. The molecule has 0 spiro atoms. The number of benzene rings is 1. The molecule has 0 fully saturated rings. The van der Waals surface area contributed by atoms with Crippen LogP contribution in [0.3, 0.4) is 0 Å². The molecule has 100 valence electrons. The van der Waals surface area contributed by atoms with Crippen LogP contribution in [0.1, 0.15) is 22.7 Å². The van der Waals surface area contributed by atoms with Crippen molar-refractivity contribution in [2.24, 2.45) is 0 Å². The van der Waals surface area contributed by atoms with Crippen LogP contribution < -0.4 is 5.32 Å². The van der Waals surface area contributed by atoms with Gasteiger partial charge in [0.15, 0.2) is 0 Å². The monoisotopic (exact) mass is 388 g/mol. The zero-order chi connectivity index (χ0) is 14.0. The molecule has 1 aromatic heterocycles. The summed E-state index contributed by atoms with van der Waals surface area (Å²) in [5, 5.41) is 14.1. The van der Waals surface area contributed by atoms with Gasteiger partial charge in [0.2, 0.25) is 0 Å². The molecule has 0 saturated heterocycles. The molecule has 6 heteroatoms. The molecule has 0 radical (unpaired) electrons. The summed E-state index contributed by atoms with van der Waals surface area (Å²) < 4.78 is 0.854. The van der Waals surface area contributed by atoms with Crippen molar-refractivity contribution in [3.8, 4) is 0 Å². The minimum Gasteiger partial charge on any atom is -0.377 e. The zero-order valence-electron chi connectivity index (χ0n) is 10.5. The number of nitrogens with zero attached hydrogens (tertiary/aromatic N) is 1. The average Bonchev–Trinajstić information content (AvgIpc) is 2.78. The predicted octanol–water partition coefficient (Wildman–Crippen LogP) is 4.74. The minimum atomic E-state index is -0.377. The molecule has 2 rings (SSSR count). The van der Waals surface area contributed by atoms with Gasteiger partial charge >= 0.3 is 0 Å². The number of anilines is 1. The molecule has 0 bridgehead atoms. The maximum absolute atomic E-state index is 10.7. The fourth-order valence-electron chi connectivity index (χ4n) is 1.73. The molecule has 4 nitrogen and oxygen atoms in total. The SMILES string of the molecule is Cc1ccc(C(C)Nc2ccc([N+](=O)[O-])cc2I)s1. The first-order chi connectivity index (χ1) is 8.97. The van der Waals surface area contributed by atoms with Crippen molar-refractivity contribution in [3.05, 3.63) is 53.8 Å². The number of nitrogens with one attached hydrogen (secondary N) is 1. The quantitative estimate of drug-likeness (QED) is 0.468. The van der Waals surface area contributed by atoms with Crippen LogP contribution in [0.2, 0.25) is 0 Å². The second kappa shape index (κ2) is 5.87. The Bertz CT molecular complexity index is 612. The third-order valence-corrected chi connectivity index (χ3v) is 4.80. The Morgan fingerprint density at radius 2 is 2.11 bits per heavy atom. The first-order valence-corrected chi connectivity index (χ1v) is 7.63. The zero-order valence-corrected chi connectivity index (χ0v) is 13.5. The smallest absolute Gasteiger partial charge is 0.270 e. The maximum atomic E-state index is 10.7. The Hall–Kier alpha value is -1.15. The van der Waals surface area contributed by atoms with Gasteiger partial charge in [0.25, 0.3) is 5.69 Å². The Morgan fingerprint density at radius 3 is 2.63 bits per heavy atom. The average molecular weight is 388 g/mol. The molecule has 1 aromatic carbocycles. The summed E-state index contributed by atoms with van der Waals surface area (Å²) in [4.78, 5) is 12.9. The molecule has 0 saturated carbocycles. The van der Waals surface area contributed by atoms with Crippen LogP contribution in [0.4, 0.5) is 11.4 Å². The van der Waals surface area contributed by atoms with E-state index in [0.717, 1.165) is 9.26 Å². The normalized spacial score (nSPS) is 12.2. The van der Waals surface area contributed by atoms with Crippen LogP contribution in [0.5, 0.6) is 0 Å². The summed E-state index contributed by atoms with van der Waals surface area (Å²) in [6.45, 7) is 4.17. The lowest BCUT2D eigenvalue weighted by Crippen LogP contribution is -2.06. The number of halogens is 1. The van der Waals surface area contributed by atoms with E-state index in [2.05, 4.69) is 53.9 Å².